The fraction of sp³-hybridized carbons (Fsp3) is 0.462. The van der Waals surface area contributed by atoms with Gasteiger partial charge in [-0.25, -0.2) is 8.42 Å². The number of hydrogen-bond donors (Lipinski definition) is 1. The summed E-state index contributed by atoms with van der Waals surface area (Å²) < 4.78 is 32.5. The predicted molar refractivity (Wildman–Crippen MR) is 144 cm³/mol. The van der Waals surface area contributed by atoms with Gasteiger partial charge in [-0.15, -0.1) is 0 Å². The first-order valence-corrected chi connectivity index (χ1v) is 14.7. The molecule has 2 aromatic carbocycles. The number of halogens is 1. The molecular formula is C26H34BrN3O5S. The van der Waals surface area contributed by atoms with Crippen molar-refractivity contribution in [1.29, 1.82) is 0 Å². The molecule has 0 heterocycles. The minimum Gasteiger partial charge on any atom is -0.497 e. The molecule has 1 aliphatic carbocycles. The van der Waals surface area contributed by atoms with E-state index in [9.17, 15) is 18.0 Å². The highest BCUT2D eigenvalue weighted by Gasteiger charge is 2.33. The number of ether oxygens (including phenoxy) is 1. The number of sulfonamides is 1. The molecule has 0 aliphatic heterocycles. The topological polar surface area (TPSA) is 96.0 Å². The van der Waals surface area contributed by atoms with Gasteiger partial charge in [0.2, 0.25) is 21.8 Å². The maximum atomic E-state index is 13.8. The lowest BCUT2D eigenvalue weighted by Gasteiger charge is -2.33. The van der Waals surface area contributed by atoms with Crippen LogP contribution in [0.5, 0.6) is 5.75 Å². The third-order valence-electron chi connectivity index (χ3n) is 6.35. The maximum Gasteiger partial charge on any atom is 0.244 e. The zero-order chi connectivity index (χ0) is 26.3. The number of rotatable bonds is 11. The van der Waals surface area contributed by atoms with Gasteiger partial charge in [-0.2, -0.15) is 0 Å². The molecule has 1 aliphatic rings. The summed E-state index contributed by atoms with van der Waals surface area (Å²) >= 11 is 3.36. The van der Waals surface area contributed by atoms with Crippen molar-refractivity contribution in [3.8, 4) is 5.75 Å². The number of anilines is 1. The molecule has 36 heavy (non-hydrogen) atoms. The van der Waals surface area contributed by atoms with Gasteiger partial charge < -0.3 is 15.0 Å². The Bertz CT molecular complexity index is 1170. The third kappa shape index (κ3) is 7.46. The summed E-state index contributed by atoms with van der Waals surface area (Å²) in [4.78, 5) is 28.6. The second-order valence-corrected chi connectivity index (χ2v) is 11.9. The predicted octanol–water partition coefficient (Wildman–Crippen LogP) is 4.09. The SMILES string of the molecule is CC[C@@H](C(=O)NC1CCCC1)N(Cc1cccc(OC)c1)C(=O)CN(c1cccc(Br)c1)S(C)(=O)=O. The Morgan fingerprint density at radius 2 is 1.83 bits per heavy atom. The number of nitrogens with one attached hydrogen (secondary N) is 1. The van der Waals surface area contributed by atoms with E-state index in [1.54, 1.807) is 37.4 Å². The van der Waals surface area contributed by atoms with Gasteiger partial charge in [-0.3, -0.25) is 13.9 Å². The lowest BCUT2D eigenvalue weighted by molar-refractivity contribution is -0.140. The average molecular weight is 581 g/mol. The molecule has 0 aromatic heterocycles. The first kappa shape index (κ1) is 28.0. The van der Waals surface area contributed by atoms with E-state index < -0.39 is 28.5 Å². The van der Waals surface area contributed by atoms with Crippen LogP contribution in [0.4, 0.5) is 5.69 Å². The molecular weight excluding hydrogens is 546 g/mol. The highest BCUT2D eigenvalue weighted by Crippen LogP contribution is 2.24. The number of benzene rings is 2. The van der Waals surface area contributed by atoms with E-state index in [0.717, 1.165) is 41.8 Å². The Labute approximate surface area is 222 Å². The van der Waals surface area contributed by atoms with Crippen LogP contribution >= 0.6 is 15.9 Å². The number of hydrogen-bond acceptors (Lipinski definition) is 5. The van der Waals surface area contributed by atoms with Crippen molar-refractivity contribution in [2.75, 3.05) is 24.2 Å². The summed E-state index contributed by atoms with van der Waals surface area (Å²) in [6.07, 6.45) is 5.46. The molecule has 196 valence electrons. The van der Waals surface area contributed by atoms with E-state index in [0.29, 0.717) is 22.3 Å². The standard InChI is InChI=1S/C26H34BrN3O5S/c1-4-24(26(32)28-21-11-5-6-12-21)29(17-19-9-7-14-23(15-19)35-2)25(31)18-30(36(3,33)34)22-13-8-10-20(27)16-22/h7-10,13-16,21,24H,4-6,11-12,17-18H2,1-3H3,(H,28,32)/t24-/m0/s1. The Morgan fingerprint density at radius 1 is 1.14 bits per heavy atom. The van der Waals surface area contributed by atoms with Crippen molar-refractivity contribution in [2.24, 2.45) is 0 Å². The molecule has 0 spiro atoms. The molecule has 8 nitrogen and oxygen atoms in total. The molecule has 2 amide bonds. The first-order valence-electron chi connectivity index (χ1n) is 12.1. The second-order valence-electron chi connectivity index (χ2n) is 9.04. The van der Waals surface area contributed by atoms with Crippen LogP contribution in [-0.4, -0.2) is 57.1 Å². The maximum absolute atomic E-state index is 13.8. The zero-order valence-corrected chi connectivity index (χ0v) is 23.3. The van der Waals surface area contributed by atoms with Crippen molar-refractivity contribution in [2.45, 2.75) is 57.7 Å². The van der Waals surface area contributed by atoms with Gasteiger partial charge in [0, 0.05) is 17.1 Å². The van der Waals surface area contributed by atoms with Crippen molar-refractivity contribution in [1.82, 2.24) is 10.2 Å². The largest absolute Gasteiger partial charge is 0.497 e. The van der Waals surface area contributed by atoms with Crippen molar-refractivity contribution in [3.05, 3.63) is 58.6 Å². The third-order valence-corrected chi connectivity index (χ3v) is 7.98. The fourth-order valence-corrected chi connectivity index (χ4v) is 5.73. The molecule has 1 fully saturated rings. The Hall–Kier alpha value is -2.59. The minimum absolute atomic E-state index is 0.106. The summed E-state index contributed by atoms with van der Waals surface area (Å²) in [5.41, 5.74) is 1.15. The molecule has 10 heteroatoms. The van der Waals surface area contributed by atoms with E-state index in [2.05, 4.69) is 21.2 Å². The summed E-state index contributed by atoms with van der Waals surface area (Å²) in [5.74, 6) is -0.0408. The summed E-state index contributed by atoms with van der Waals surface area (Å²) in [5, 5.41) is 3.10. The number of amides is 2. The molecule has 1 atom stereocenters. The van der Waals surface area contributed by atoms with Crippen LogP contribution in [0.15, 0.2) is 53.0 Å². The van der Waals surface area contributed by atoms with Gasteiger partial charge in [-0.1, -0.05) is 53.9 Å². The lowest BCUT2D eigenvalue weighted by atomic mass is 10.1. The van der Waals surface area contributed by atoms with Crippen LogP contribution < -0.4 is 14.4 Å². The molecule has 3 rings (SSSR count). The van der Waals surface area contributed by atoms with Crippen molar-refractivity contribution >= 4 is 43.5 Å². The molecule has 1 saturated carbocycles. The monoisotopic (exact) mass is 579 g/mol. The molecule has 0 radical (unpaired) electrons. The van der Waals surface area contributed by atoms with Crippen LogP contribution in [0.2, 0.25) is 0 Å². The van der Waals surface area contributed by atoms with Crippen LogP contribution in [0.3, 0.4) is 0 Å². The highest BCUT2D eigenvalue weighted by atomic mass is 79.9. The molecule has 2 aromatic rings. The highest BCUT2D eigenvalue weighted by molar-refractivity contribution is 9.10. The minimum atomic E-state index is -3.77. The van der Waals surface area contributed by atoms with Crippen molar-refractivity contribution < 1.29 is 22.7 Å². The van der Waals surface area contributed by atoms with Crippen LogP contribution in [0, 0.1) is 0 Å². The number of methoxy groups -OCH3 is 1. The Morgan fingerprint density at radius 3 is 2.44 bits per heavy atom. The molecule has 1 N–H and O–H groups in total. The Balaban J connectivity index is 1.93. The van der Waals surface area contributed by atoms with Gasteiger partial charge in [0.05, 0.1) is 19.1 Å². The van der Waals surface area contributed by atoms with Gasteiger partial charge in [0.15, 0.2) is 0 Å². The lowest BCUT2D eigenvalue weighted by Crippen LogP contribution is -2.53. The quantitative estimate of drug-likeness (QED) is 0.432. The van der Waals surface area contributed by atoms with Crippen molar-refractivity contribution in [3.63, 3.8) is 0 Å². The second kappa shape index (κ2) is 12.6. The normalized spacial score (nSPS) is 14.8. The van der Waals surface area contributed by atoms with Gasteiger partial charge in [0.1, 0.15) is 18.3 Å². The molecule has 0 unspecified atom stereocenters. The van der Waals surface area contributed by atoms with E-state index >= 15 is 0 Å². The van der Waals surface area contributed by atoms with Crippen LogP contribution in [0.1, 0.15) is 44.6 Å². The molecule has 0 saturated heterocycles. The van der Waals surface area contributed by atoms with Gasteiger partial charge in [0.25, 0.3) is 0 Å². The average Bonchev–Trinajstić information content (AvgIpc) is 3.34. The smallest absolute Gasteiger partial charge is 0.244 e. The summed E-state index contributed by atoms with van der Waals surface area (Å²) in [6, 6.07) is 13.4. The van der Waals surface area contributed by atoms with Gasteiger partial charge in [-0.05, 0) is 55.2 Å². The zero-order valence-electron chi connectivity index (χ0n) is 20.9. The van der Waals surface area contributed by atoms with Crippen LogP contribution in [0.25, 0.3) is 0 Å². The van der Waals surface area contributed by atoms with E-state index in [1.165, 1.54) is 4.90 Å². The van der Waals surface area contributed by atoms with Gasteiger partial charge >= 0.3 is 0 Å². The van der Waals surface area contributed by atoms with E-state index in [1.807, 2.05) is 25.1 Å². The first-order chi connectivity index (χ1) is 17.1. The summed E-state index contributed by atoms with van der Waals surface area (Å²) in [7, 11) is -2.21. The van der Waals surface area contributed by atoms with Crippen LogP contribution in [-0.2, 0) is 26.2 Å². The van der Waals surface area contributed by atoms with E-state index in [-0.39, 0.29) is 18.5 Å². The number of carbonyl (C=O) groups excluding carboxylic acids is 2. The number of nitrogens with zero attached hydrogens (tertiary/aromatic N) is 2. The molecule has 0 bridgehead atoms. The number of carbonyl (C=O) groups is 2. The fourth-order valence-electron chi connectivity index (χ4n) is 4.50. The Kier molecular flexibility index (Phi) is 9.78. The summed E-state index contributed by atoms with van der Waals surface area (Å²) in [6.45, 7) is 1.57. The van der Waals surface area contributed by atoms with E-state index in [4.69, 9.17) is 4.74 Å².